The number of halogens is 1. The van der Waals surface area contributed by atoms with Crippen LogP contribution in [0, 0.1) is 0 Å². The first-order chi connectivity index (χ1) is 11.0. The highest BCUT2D eigenvalue weighted by atomic mass is 35.5. The van der Waals surface area contributed by atoms with Crippen molar-refractivity contribution in [3.8, 4) is 17.2 Å². The summed E-state index contributed by atoms with van der Waals surface area (Å²) < 4.78 is 15.5. The lowest BCUT2D eigenvalue weighted by atomic mass is 10.2. The van der Waals surface area contributed by atoms with Crippen LogP contribution in [0.5, 0.6) is 17.2 Å². The minimum absolute atomic E-state index is 0.00801. The van der Waals surface area contributed by atoms with Crippen LogP contribution in [0.25, 0.3) is 0 Å². The summed E-state index contributed by atoms with van der Waals surface area (Å²) in [5.74, 6) is 0.169. The van der Waals surface area contributed by atoms with Crippen LogP contribution in [-0.2, 0) is 11.3 Å². The molecule has 0 aliphatic carbocycles. The quantitative estimate of drug-likeness (QED) is 0.813. The van der Waals surface area contributed by atoms with Gasteiger partial charge in [0.25, 0.3) is 0 Å². The minimum Gasteiger partial charge on any atom is -0.507 e. The normalized spacial score (nSPS) is 10.2. The molecule has 0 spiro atoms. The maximum absolute atomic E-state index is 11.7. The first-order valence-electron chi connectivity index (χ1n) is 7.00. The zero-order valence-electron chi connectivity index (χ0n) is 12.8. The van der Waals surface area contributed by atoms with E-state index < -0.39 is 5.97 Å². The second-order valence-electron chi connectivity index (χ2n) is 4.66. The Morgan fingerprint density at radius 3 is 2.52 bits per heavy atom. The third-order valence-electron chi connectivity index (χ3n) is 3.10. The second-order valence-corrected chi connectivity index (χ2v) is 5.06. The molecule has 1 N–H and O–H groups in total. The lowest BCUT2D eigenvalue weighted by molar-refractivity contribution is 0.0523. The second kappa shape index (κ2) is 7.74. The molecule has 0 unspecified atom stereocenters. The number of carbonyl (C=O) groups is 1. The van der Waals surface area contributed by atoms with Gasteiger partial charge in [-0.2, -0.15) is 0 Å². The molecular formula is C17H17ClO5. The first kappa shape index (κ1) is 17.0. The Bertz CT molecular complexity index is 682. The van der Waals surface area contributed by atoms with Crippen LogP contribution in [0.3, 0.4) is 0 Å². The third kappa shape index (κ3) is 4.29. The van der Waals surface area contributed by atoms with Crippen LogP contribution < -0.4 is 9.47 Å². The molecule has 0 aromatic heterocycles. The van der Waals surface area contributed by atoms with Crippen molar-refractivity contribution in [2.24, 2.45) is 0 Å². The number of carbonyl (C=O) groups excluding carboxylic acids is 1. The molecule has 0 amide bonds. The number of hydrogen-bond donors (Lipinski definition) is 1. The Morgan fingerprint density at radius 1 is 1.22 bits per heavy atom. The van der Waals surface area contributed by atoms with Crippen LogP contribution in [0.1, 0.15) is 22.8 Å². The van der Waals surface area contributed by atoms with Crippen LogP contribution in [0.15, 0.2) is 36.4 Å². The average molecular weight is 337 g/mol. The highest BCUT2D eigenvalue weighted by Gasteiger charge is 2.16. The van der Waals surface area contributed by atoms with E-state index in [1.54, 1.807) is 14.0 Å². The Balaban J connectivity index is 2.10. The Kier molecular flexibility index (Phi) is 5.71. The van der Waals surface area contributed by atoms with E-state index in [2.05, 4.69) is 0 Å². The van der Waals surface area contributed by atoms with Gasteiger partial charge < -0.3 is 19.3 Å². The van der Waals surface area contributed by atoms with Gasteiger partial charge in [0, 0.05) is 6.07 Å². The third-order valence-corrected chi connectivity index (χ3v) is 3.39. The van der Waals surface area contributed by atoms with Crippen LogP contribution in [0.4, 0.5) is 0 Å². The fourth-order valence-corrected chi connectivity index (χ4v) is 2.13. The van der Waals surface area contributed by atoms with Crippen molar-refractivity contribution >= 4 is 17.6 Å². The van der Waals surface area contributed by atoms with Crippen molar-refractivity contribution in [2.75, 3.05) is 13.7 Å². The van der Waals surface area contributed by atoms with Gasteiger partial charge in [0.05, 0.1) is 18.7 Å². The molecule has 0 atom stereocenters. The number of benzene rings is 2. The number of aromatic hydroxyl groups is 1. The van der Waals surface area contributed by atoms with Crippen molar-refractivity contribution in [3.05, 3.63) is 52.5 Å². The summed E-state index contributed by atoms with van der Waals surface area (Å²) in [7, 11) is 1.60. The molecule has 5 nitrogen and oxygen atoms in total. The number of hydrogen-bond acceptors (Lipinski definition) is 5. The highest BCUT2D eigenvalue weighted by Crippen LogP contribution is 2.33. The Morgan fingerprint density at radius 2 is 1.91 bits per heavy atom. The summed E-state index contributed by atoms with van der Waals surface area (Å²) >= 11 is 6.10. The Labute approximate surface area is 139 Å². The van der Waals surface area contributed by atoms with Crippen molar-refractivity contribution in [1.29, 1.82) is 0 Å². The molecule has 0 saturated carbocycles. The number of esters is 1. The van der Waals surface area contributed by atoms with E-state index >= 15 is 0 Å². The smallest absolute Gasteiger partial charge is 0.341 e. The van der Waals surface area contributed by atoms with E-state index in [4.69, 9.17) is 25.8 Å². The number of rotatable bonds is 6. The van der Waals surface area contributed by atoms with Gasteiger partial charge in [0.2, 0.25) is 0 Å². The van der Waals surface area contributed by atoms with E-state index in [0.717, 1.165) is 11.3 Å². The molecule has 0 bridgehead atoms. The van der Waals surface area contributed by atoms with E-state index in [1.807, 2.05) is 24.3 Å². The molecule has 0 aliphatic rings. The van der Waals surface area contributed by atoms with Crippen molar-refractivity contribution in [2.45, 2.75) is 13.5 Å². The van der Waals surface area contributed by atoms with Gasteiger partial charge >= 0.3 is 5.97 Å². The van der Waals surface area contributed by atoms with Crippen molar-refractivity contribution in [3.63, 3.8) is 0 Å². The van der Waals surface area contributed by atoms with Gasteiger partial charge in [-0.05, 0) is 30.7 Å². The largest absolute Gasteiger partial charge is 0.507 e. The van der Waals surface area contributed by atoms with Gasteiger partial charge in [-0.1, -0.05) is 23.7 Å². The molecular weight excluding hydrogens is 320 g/mol. The number of phenolic OH excluding ortho intramolecular Hbond substituents is 1. The molecule has 2 rings (SSSR count). The van der Waals surface area contributed by atoms with Crippen LogP contribution >= 0.6 is 11.6 Å². The highest BCUT2D eigenvalue weighted by molar-refractivity contribution is 6.32. The lowest BCUT2D eigenvalue weighted by Crippen LogP contribution is -2.05. The summed E-state index contributed by atoms with van der Waals surface area (Å²) in [6.45, 7) is 2.16. The van der Waals surface area contributed by atoms with E-state index in [-0.39, 0.29) is 35.3 Å². The van der Waals surface area contributed by atoms with Gasteiger partial charge in [0.1, 0.15) is 29.4 Å². The van der Waals surface area contributed by atoms with E-state index in [0.29, 0.717) is 0 Å². The molecule has 2 aromatic carbocycles. The zero-order chi connectivity index (χ0) is 16.8. The number of ether oxygens (including phenoxy) is 3. The van der Waals surface area contributed by atoms with E-state index in [9.17, 15) is 9.90 Å². The van der Waals surface area contributed by atoms with Crippen molar-refractivity contribution < 1.29 is 24.1 Å². The minimum atomic E-state index is -0.631. The monoisotopic (exact) mass is 336 g/mol. The number of methoxy groups -OCH3 is 1. The lowest BCUT2D eigenvalue weighted by Gasteiger charge is -2.11. The Hall–Kier alpha value is -2.40. The molecule has 0 fully saturated rings. The fourth-order valence-electron chi connectivity index (χ4n) is 1.91. The van der Waals surface area contributed by atoms with Gasteiger partial charge in [-0.25, -0.2) is 4.79 Å². The molecule has 0 heterocycles. The maximum atomic E-state index is 11.7. The first-order valence-corrected chi connectivity index (χ1v) is 7.38. The van der Waals surface area contributed by atoms with Gasteiger partial charge in [-0.15, -0.1) is 0 Å². The fraction of sp³-hybridized carbons (Fsp3) is 0.235. The summed E-state index contributed by atoms with van der Waals surface area (Å²) in [4.78, 5) is 11.7. The van der Waals surface area contributed by atoms with E-state index in [1.165, 1.54) is 12.1 Å². The predicted octanol–water partition coefficient (Wildman–Crippen LogP) is 3.81. The molecule has 0 aliphatic heterocycles. The van der Waals surface area contributed by atoms with Gasteiger partial charge in [-0.3, -0.25) is 0 Å². The summed E-state index contributed by atoms with van der Waals surface area (Å²) in [5.41, 5.74) is 0.921. The molecule has 23 heavy (non-hydrogen) atoms. The van der Waals surface area contributed by atoms with Crippen LogP contribution in [0.2, 0.25) is 5.02 Å². The summed E-state index contributed by atoms with van der Waals surface area (Å²) in [6.07, 6.45) is 0. The molecule has 6 heteroatoms. The predicted molar refractivity (Wildman–Crippen MR) is 86.4 cm³/mol. The molecule has 122 valence electrons. The summed E-state index contributed by atoms with van der Waals surface area (Å²) in [5, 5.41) is 10.1. The van der Waals surface area contributed by atoms with Crippen LogP contribution in [-0.4, -0.2) is 24.8 Å². The SMILES string of the molecule is CCOC(=O)c1cc(Cl)c(OCc2ccc(OC)cc2)cc1O. The maximum Gasteiger partial charge on any atom is 0.341 e. The topological polar surface area (TPSA) is 65.0 Å². The molecule has 0 radical (unpaired) electrons. The molecule has 2 aromatic rings. The summed E-state index contributed by atoms with van der Waals surface area (Å²) in [6, 6.07) is 10.00. The molecule has 0 saturated heterocycles. The zero-order valence-corrected chi connectivity index (χ0v) is 13.6. The van der Waals surface area contributed by atoms with Crippen molar-refractivity contribution in [1.82, 2.24) is 0 Å². The number of phenols is 1. The standard InChI is InChI=1S/C17H17ClO5/c1-3-22-17(20)13-8-14(18)16(9-15(13)19)23-10-11-4-6-12(21-2)7-5-11/h4-9,19H,3,10H2,1-2H3. The van der Waals surface area contributed by atoms with Gasteiger partial charge in [0.15, 0.2) is 0 Å². The average Bonchev–Trinajstić information content (AvgIpc) is 2.56.